The number of nitrogens with two attached hydrogens (primary N) is 1. The number of hydrogen-bond acceptors (Lipinski definition) is 4. The van der Waals surface area contributed by atoms with E-state index in [4.69, 9.17) is 10.2 Å². The third kappa shape index (κ3) is 2.81. The van der Waals surface area contributed by atoms with Gasteiger partial charge in [-0.05, 0) is 19.6 Å². The van der Waals surface area contributed by atoms with E-state index in [1.54, 1.807) is 0 Å². The second-order valence-corrected chi connectivity index (χ2v) is 8.22. The number of hydrogen-bond donors (Lipinski definition) is 1. The van der Waals surface area contributed by atoms with Gasteiger partial charge in [0.1, 0.15) is 0 Å². The molecule has 0 atom stereocenters. The van der Waals surface area contributed by atoms with Gasteiger partial charge in [0.2, 0.25) is 14.2 Å². The molecule has 0 bridgehead atoms. The Morgan fingerprint density at radius 1 is 1.36 bits per heavy atom. The van der Waals surface area contributed by atoms with Crippen LogP contribution in [0.1, 0.15) is 10.5 Å². The molecule has 0 radical (unpaired) electrons. The summed E-state index contributed by atoms with van der Waals surface area (Å²) >= 11 is 0. The molecule has 0 aliphatic rings. The maximum atomic E-state index is 11.0. The zero-order valence-electron chi connectivity index (χ0n) is 8.44. The molecule has 1 rings (SSSR count). The molecule has 2 N–H and O–H groups in total. The predicted molar refractivity (Wildman–Crippen MR) is 54.5 cm³/mol. The molecule has 5 nitrogen and oxygen atoms in total. The Bertz CT molecular complexity index is 349. The van der Waals surface area contributed by atoms with E-state index in [1.807, 2.05) is 19.6 Å². The molecule has 0 aliphatic heterocycles. The van der Waals surface area contributed by atoms with Gasteiger partial charge in [-0.25, -0.2) is 9.97 Å². The van der Waals surface area contributed by atoms with Crippen LogP contribution in [0.5, 0.6) is 5.88 Å². The first-order chi connectivity index (χ1) is 6.40. The minimum atomic E-state index is -1.79. The normalized spacial score (nSPS) is 11.1. The second-order valence-electron chi connectivity index (χ2n) is 3.79. The average Bonchev–Trinajstić information content (AvgIpc) is 2.01. The van der Waals surface area contributed by atoms with Gasteiger partial charge in [-0.1, -0.05) is 0 Å². The van der Waals surface area contributed by atoms with Gasteiger partial charge in [-0.3, -0.25) is 4.79 Å². The monoisotopic (exact) mass is 211 g/mol. The molecule has 1 aromatic heterocycles. The van der Waals surface area contributed by atoms with Gasteiger partial charge < -0.3 is 10.2 Å². The zero-order valence-corrected chi connectivity index (χ0v) is 9.44. The molecule has 1 heterocycles. The van der Waals surface area contributed by atoms with Gasteiger partial charge in [0, 0.05) is 12.4 Å². The van der Waals surface area contributed by atoms with Crippen molar-refractivity contribution in [3.05, 3.63) is 18.1 Å². The highest BCUT2D eigenvalue weighted by Crippen LogP contribution is 2.15. The number of rotatable bonds is 3. The van der Waals surface area contributed by atoms with E-state index in [9.17, 15) is 4.79 Å². The highest BCUT2D eigenvalue weighted by atomic mass is 28.4. The van der Waals surface area contributed by atoms with Crippen molar-refractivity contribution in [3.8, 4) is 5.88 Å². The molecule has 0 saturated heterocycles. The summed E-state index contributed by atoms with van der Waals surface area (Å²) < 4.78 is 5.56. The SMILES string of the molecule is C[Si](C)(C)Oc1nccnc1C(N)=O. The summed E-state index contributed by atoms with van der Waals surface area (Å²) in [6.07, 6.45) is 2.89. The Balaban J connectivity index is 3.02. The van der Waals surface area contributed by atoms with Gasteiger partial charge in [0.25, 0.3) is 5.91 Å². The van der Waals surface area contributed by atoms with Crippen LogP contribution in [0.15, 0.2) is 12.4 Å². The van der Waals surface area contributed by atoms with E-state index in [2.05, 4.69) is 9.97 Å². The highest BCUT2D eigenvalue weighted by molar-refractivity contribution is 6.70. The fourth-order valence-electron chi connectivity index (χ4n) is 0.859. The summed E-state index contributed by atoms with van der Waals surface area (Å²) in [7, 11) is -1.79. The highest BCUT2D eigenvalue weighted by Gasteiger charge is 2.21. The molecule has 0 aromatic carbocycles. The van der Waals surface area contributed by atoms with Crippen LogP contribution in [-0.4, -0.2) is 24.2 Å². The fourth-order valence-corrected chi connectivity index (χ4v) is 1.59. The maximum absolute atomic E-state index is 11.0. The van der Waals surface area contributed by atoms with E-state index in [-0.39, 0.29) is 11.6 Å². The molecule has 0 saturated carbocycles. The van der Waals surface area contributed by atoms with Crippen molar-refractivity contribution in [2.75, 3.05) is 0 Å². The van der Waals surface area contributed by atoms with Crippen molar-refractivity contribution in [1.82, 2.24) is 9.97 Å². The van der Waals surface area contributed by atoms with E-state index in [0.29, 0.717) is 0 Å². The van der Waals surface area contributed by atoms with Crippen molar-refractivity contribution >= 4 is 14.2 Å². The zero-order chi connectivity index (χ0) is 10.8. The van der Waals surface area contributed by atoms with Crippen LogP contribution in [0.25, 0.3) is 0 Å². The fraction of sp³-hybridized carbons (Fsp3) is 0.375. The minimum Gasteiger partial charge on any atom is -0.530 e. The first-order valence-electron chi connectivity index (χ1n) is 4.20. The largest absolute Gasteiger partial charge is 0.530 e. The standard InChI is InChI=1S/C8H13N3O2Si/c1-14(2,3)13-8-6(7(9)12)10-4-5-11-8/h4-5H,1-3H3,(H2,9,12). The molecule has 0 fully saturated rings. The summed E-state index contributed by atoms with van der Waals surface area (Å²) in [6.45, 7) is 5.98. The number of nitrogens with zero attached hydrogens (tertiary/aromatic N) is 2. The minimum absolute atomic E-state index is 0.0925. The smallest absolute Gasteiger partial charge is 0.272 e. The van der Waals surface area contributed by atoms with E-state index in [1.165, 1.54) is 12.4 Å². The van der Waals surface area contributed by atoms with Crippen molar-refractivity contribution in [2.24, 2.45) is 5.73 Å². The van der Waals surface area contributed by atoms with Crippen molar-refractivity contribution in [2.45, 2.75) is 19.6 Å². The van der Waals surface area contributed by atoms with E-state index in [0.717, 1.165) is 0 Å². The van der Waals surface area contributed by atoms with Gasteiger partial charge in [0.05, 0.1) is 0 Å². The topological polar surface area (TPSA) is 78.1 Å². The third-order valence-electron chi connectivity index (χ3n) is 1.30. The Kier molecular flexibility index (Phi) is 2.85. The first kappa shape index (κ1) is 10.6. The van der Waals surface area contributed by atoms with Crippen LogP contribution in [0.3, 0.4) is 0 Å². The number of amides is 1. The predicted octanol–water partition coefficient (Wildman–Crippen LogP) is 0.789. The van der Waals surface area contributed by atoms with Crippen LogP contribution >= 0.6 is 0 Å². The Morgan fingerprint density at radius 3 is 2.43 bits per heavy atom. The molecule has 0 aliphatic carbocycles. The number of carbonyl (C=O) groups is 1. The lowest BCUT2D eigenvalue weighted by molar-refractivity contribution is 0.0993. The van der Waals surface area contributed by atoms with Crippen LogP contribution in [0, 0.1) is 0 Å². The summed E-state index contributed by atoms with van der Waals surface area (Å²) in [4.78, 5) is 18.7. The van der Waals surface area contributed by atoms with Crippen LogP contribution in [0.2, 0.25) is 19.6 Å². The van der Waals surface area contributed by atoms with E-state index < -0.39 is 14.2 Å². The number of carbonyl (C=O) groups excluding carboxylic acids is 1. The van der Waals surface area contributed by atoms with Gasteiger partial charge in [-0.2, -0.15) is 0 Å². The first-order valence-corrected chi connectivity index (χ1v) is 7.61. The average molecular weight is 211 g/mol. The quantitative estimate of drug-likeness (QED) is 0.750. The Labute approximate surface area is 83.4 Å². The van der Waals surface area contributed by atoms with Gasteiger partial charge in [-0.15, -0.1) is 0 Å². The van der Waals surface area contributed by atoms with Crippen LogP contribution in [-0.2, 0) is 0 Å². The molecular weight excluding hydrogens is 198 g/mol. The summed E-state index contributed by atoms with van der Waals surface area (Å²) in [6, 6.07) is 0. The molecule has 0 unspecified atom stereocenters. The van der Waals surface area contributed by atoms with Crippen LogP contribution < -0.4 is 10.2 Å². The second kappa shape index (κ2) is 3.75. The summed E-state index contributed by atoms with van der Waals surface area (Å²) in [5, 5.41) is 0. The van der Waals surface area contributed by atoms with Crippen molar-refractivity contribution < 1.29 is 9.22 Å². The Morgan fingerprint density at radius 2 is 1.93 bits per heavy atom. The maximum Gasteiger partial charge on any atom is 0.272 e. The lowest BCUT2D eigenvalue weighted by Gasteiger charge is -2.18. The number of primary amides is 1. The molecule has 14 heavy (non-hydrogen) atoms. The molecule has 76 valence electrons. The molecule has 1 aromatic rings. The van der Waals surface area contributed by atoms with Gasteiger partial charge in [0.15, 0.2) is 5.69 Å². The lowest BCUT2D eigenvalue weighted by Crippen LogP contribution is -2.31. The third-order valence-corrected chi connectivity index (χ3v) is 2.11. The molecule has 0 spiro atoms. The molecule has 6 heteroatoms. The summed E-state index contributed by atoms with van der Waals surface area (Å²) in [5.74, 6) is -0.384. The lowest BCUT2D eigenvalue weighted by atomic mass is 10.4. The van der Waals surface area contributed by atoms with Crippen molar-refractivity contribution in [3.63, 3.8) is 0 Å². The Hall–Kier alpha value is -1.43. The molecule has 1 amide bonds. The van der Waals surface area contributed by atoms with Crippen LogP contribution in [0.4, 0.5) is 0 Å². The van der Waals surface area contributed by atoms with Gasteiger partial charge >= 0.3 is 0 Å². The summed E-state index contributed by atoms with van der Waals surface area (Å²) in [5.41, 5.74) is 5.22. The van der Waals surface area contributed by atoms with E-state index >= 15 is 0 Å². The number of aromatic nitrogens is 2. The molecular formula is C8H13N3O2Si. The van der Waals surface area contributed by atoms with Crippen molar-refractivity contribution in [1.29, 1.82) is 0 Å².